The predicted molar refractivity (Wildman–Crippen MR) is 109 cm³/mol. The summed E-state index contributed by atoms with van der Waals surface area (Å²) >= 11 is 0. The average molecular weight is 365 g/mol. The van der Waals surface area contributed by atoms with Gasteiger partial charge in [-0.05, 0) is 17.7 Å². The molecule has 2 aromatic carbocycles. The lowest BCUT2D eigenvalue weighted by Gasteiger charge is -2.07. The number of pyridine rings is 1. The number of benzene rings is 2. The van der Waals surface area contributed by atoms with Crippen LogP contribution in [0, 0.1) is 11.3 Å². The highest BCUT2D eigenvalue weighted by Crippen LogP contribution is 2.23. The number of nitriles is 1. The van der Waals surface area contributed by atoms with Gasteiger partial charge >= 0.3 is 0 Å². The van der Waals surface area contributed by atoms with Crippen LogP contribution in [0.1, 0.15) is 16.7 Å². The Labute approximate surface area is 163 Å². The molecule has 0 bridgehead atoms. The number of nitrogens with one attached hydrogen (secondary N) is 1. The van der Waals surface area contributed by atoms with Gasteiger partial charge in [0.25, 0.3) is 0 Å². The zero-order valence-electron chi connectivity index (χ0n) is 15.3. The van der Waals surface area contributed by atoms with Crippen LogP contribution in [0.4, 0.5) is 5.82 Å². The monoisotopic (exact) mass is 365 g/mol. The van der Waals surface area contributed by atoms with Crippen LogP contribution < -0.4 is 5.32 Å². The molecule has 0 saturated carbocycles. The molecule has 0 unspecified atom stereocenters. The second kappa shape index (κ2) is 8.19. The van der Waals surface area contributed by atoms with E-state index in [1.807, 2.05) is 41.1 Å². The number of anilines is 1. The van der Waals surface area contributed by atoms with Crippen LogP contribution >= 0.6 is 0 Å². The van der Waals surface area contributed by atoms with E-state index in [1.165, 1.54) is 5.56 Å². The van der Waals surface area contributed by atoms with E-state index in [0.717, 1.165) is 16.8 Å². The molecule has 0 aliphatic heterocycles. The van der Waals surface area contributed by atoms with E-state index >= 15 is 0 Å². The maximum atomic E-state index is 9.27. The fourth-order valence-electron chi connectivity index (χ4n) is 3.10. The summed E-state index contributed by atoms with van der Waals surface area (Å²) in [6.45, 7) is 1.23. The first-order valence-corrected chi connectivity index (χ1v) is 9.08. The standard InChI is InChI=1S/C23H19N5/c24-14-20-12-7-13-25-23(20)26-15-21-17-28(16-18-8-3-1-4-9-18)27-22(21)19-10-5-2-6-11-19/h1-13,17H,15-16H2,(H,25,26). The second-order valence-corrected chi connectivity index (χ2v) is 6.42. The molecule has 0 aliphatic rings. The molecule has 2 aromatic heterocycles. The lowest BCUT2D eigenvalue weighted by molar-refractivity contribution is 0.688. The highest BCUT2D eigenvalue weighted by molar-refractivity contribution is 5.63. The Balaban J connectivity index is 1.64. The number of hydrogen-bond donors (Lipinski definition) is 1. The van der Waals surface area contributed by atoms with E-state index in [-0.39, 0.29) is 0 Å². The topological polar surface area (TPSA) is 66.5 Å². The van der Waals surface area contributed by atoms with Gasteiger partial charge in [0.2, 0.25) is 0 Å². The summed E-state index contributed by atoms with van der Waals surface area (Å²) < 4.78 is 1.96. The molecule has 0 fully saturated rings. The van der Waals surface area contributed by atoms with Gasteiger partial charge < -0.3 is 5.32 Å². The van der Waals surface area contributed by atoms with E-state index < -0.39 is 0 Å². The molecule has 4 aromatic rings. The van der Waals surface area contributed by atoms with Gasteiger partial charge in [0, 0.05) is 30.1 Å². The molecule has 1 N–H and O–H groups in total. The molecular weight excluding hydrogens is 346 g/mol. The van der Waals surface area contributed by atoms with Crippen molar-refractivity contribution in [3.63, 3.8) is 0 Å². The fraction of sp³-hybridized carbons (Fsp3) is 0.0870. The zero-order chi connectivity index (χ0) is 19.2. The van der Waals surface area contributed by atoms with Crippen molar-refractivity contribution in [1.29, 1.82) is 5.26 Å². The first-order chi connectivity index (χ1) is 13.8. The van der Waals surface area contributed by atoms with E-state index in [9.17, 15) is 5.26 Å². The molecule has 4 rings (SSSR count). The molecule has 136 valence electrons. The number of nitrogens with zero attached hydrogens (tertiary/aromatic N) is 4. The summed E-state index contributed by atoms with van der Waals surface area (Å²) in [4.78, 5) is 4.28. The molecule has 0 spiro atoms. The van der Waals surface area contributed by atoms with Gasteiger partial charge in [-0.25, -0.2) is 4.98 Å². The van der Waals surface area contributed by atoms with Crippen LogP contribution in [0.25, 0.3) is 11.3 Å². The fourth-order valence-corrected chi connectivity index (χ4v) is 3.10. The Hall–Kier alpha value is -3.91. The van der Waals surface area contributed by atoms with Crippen LogP contribution in [0.3, 0.4) is 0 Å². The van der Waals surface area contributed by atoms with Gasteiger partial charge in [-0.2, -0.15) is 10.4 Å². The lowest BCUT2D eigenvalue weighted by atomic mass is 10.1. The predicted octanol–water partition coefficient (Wildman–Crippen LogP) is 4.48. The molecule has 2 heterocycles. The highest BCUT2D eigenvalue weighted by atomic mass is 15.3. The lowest BCUT2D eigenvalue weighted by Crippen LogP contribution is -2.03. The van der Waals surface area contributed by atoms with E-state index in [1.54, 1.807) is 18.3 Å². The third kappa shape index (κ3) is 3.92. The second-order valence-electron chi connectivity index (χ2n) is 6.42. The van der Waals surface area contributed by atoms with Crippen molar-refractivity contribution < 1.29 is 0 Å². The first-order valence-electron chi connectivity index (χ1n) is 9.08. The molecule has 0 atom stereocenters. The van der Waals surface area contributed by atoms with Gasteiger partial charge in [-0.1, -0.05) is 60.7 Å². The van der Waals surface area contributed by atoms with Crippen molar-refractivity contribution in [3.05, 3.63) is 102 Å². The largest absolute Gasteiger partial charge is 0.365 e. The maximum absolute atomic E-state index is 9.27. The normalized spacial score (nSPS) is 10.4. The van der Waals surface area contributed by atoms with Crippen LogP contribution in [0.15, 0.2) is 85.2 Å². The Kier molecular flexibility index (Phi) is 5.12. The Morgan fingerprint density at radius 3 is 2.43 bits per heavy atom. The minimum absolute atomic E-state index is 0.528. The van der Waals surface area contributed by atoms with Gasteiger partial charge in [0.05, 0.1) is 17.8 Å². The molecule has 28 heavy (non-hydrogen) atoms. The van der Waals surface area contributed by atoms with Gasteiger partial charge in [0.15, 0.2) is 0 Å². The zero-order valence-corrected chi connectivity index (χ0v) is 15.3. The van der Waals surface area contributed by atoms with E-state index in [2.05, 4.69) is 46.8 Å². The van der Waals surface area contributed by atoms with Gasteiger partial charge in [0.1, 0.15) is 11.9 Å². The molecular formula is C23H19N5. The Morgan fingerprint density at radius 2 is 1.68 bits per heavy atom. The van der Waals surface area contributed by atoms with Crippen LogP contribution in [-0.2, 0) is 13.1 Å². The number of hydrogen-bond acceptors (Lipinski definition) is 4. The highest BCUT2D eigenvalue weighted by Gasteiger charge is 2.12. The van der Waals surface area contributed by atoms with Crippen molar-refractivity contribution >= 4 is 5.82 Å². The summed E-state index contributed by atoms with van der Waals surface area (Å²) in [5.41, 5.74) is 4.77. The Bertz CT molecular complexity index is 1090. The third-order valence-corrected chi connectivity index (χ3v) is 4.45. The summed E-state index contributed by atoms with van der Waals surface area (Å²) in [5.74, 6) is 0.583. The minimum Gasteiger partial charge on any atom is -0.365 e. The quantitative estimate of drug-likeness (QED) is 0.547. The summed E-state index contributed by atoms with van der Waals surface area (Å²) in [6, 6.07) is 26.1. The molecule has 5 nitrogen and oxygen atoms in total. The summed E-state index contributed by atoms with van der Waals surface area (Å²) in [5, 5.41) is 17.4. The van der Waals surface area contributed by atoms with E-state index in [0.29, 0.717) is 24.5 Å². The first kappa shape index (κ1) is 17.5. The van der Waals surface area contributed by atoms with Crippen molar-refractivity contribution in [1.82, 2.24) is 14.8 Å². The van der Waals surface area contributed by atoms with Crippen molar-refractivity contribution in [2.75, 3.05) is 5.32 Å². The smallest absolute Gasteiger partial charge is 0.144 e. The number of rotatable bonds is 6. The minimum atomic E-state index is 0.528. The maximum Gasteiger partial charge on any atom is 0.144 e. The summed E-state index contributed by atoms with van der Waals surface area (Å²) in [6.07, 6.45) is 3.73. The molecule has 0 saturated heterocycles. The van der Waals surface area contributed by atoms with Crippen LogP contribution in [0.5, 0.6) is 0 Å². The molecule has 0 radical (unpaired) electrons. The third-order valence-electron chi connectivity index (χ3n) is 4.45. The summed E-state index contributed by atoms with van der Waals surface area (Å²) in [7, 11) is 0. The number of aromatic nitrogens is 3. The average Bonchev–Trinajstić information content (AvgIpc) is 3.16. The molecule has 0 amide bonds. The SMILES string of the molecule is N#Cc1cccnc1NCc1cn(Cc2ccccc2)nc1-c1ccccc1. The Morgan fingerprint density at radius 1 is 0.929 bits per heavy atom. The van der Waals surface area contributed by atoms with Crippen molar-refractivity contribution in [3.8, 4) is 17.3 Å². The van der Waals surface area contributed by atoms with Crippen LogP contribution in [0.2, 0.25) is 0 Å². The van der Waals surface area contributed by atoms with Gasteiger partial charge in [-0.15, -0.1) is 0 Å². The molecule has 5 heteroatoms. The molecule has 0 aliphatic carbocycles. The van der Waals surface area contributed by atoms with Crippen LogP contribution in [-0.4, -0.2) is 14.8 Å². The van der Waals surface area contributed by atoms with Gasteiger partial charge in [-0.3, -0.25) is 4.68 Å². The van der Waals surface area contributed by atoms with Crippen molar-refractivity contribution in [2.24, 2.45) is 0 Å². The van der Waals surface area contributed by atoms with E-state index in [4.69, 9.17) is 5.10 Å². The van der Waals surface area contributed by atoms with Crippen molar-refractivity contribution in [2.45, 2.75) is 13.1 Å².